The number of ether oxygens (including phenoxy) is 3. The van der Waals surface area contributed by atoms with Gasteiger partial charge in [0.1, 0.15) is 31.1 Å². The van der Waals surface area contributed by atoms with Gasteiger partial charge in [0, 0.05) is 5.70 Å². The molecule has 0 aromatic heterocycles. The molecule has 0 amide bonds. The van der Waals surface area contributed by atoms with Gasteiger partial charge in [0.05, 0.1) is 0 Å². The molecule has 2 N–H and O–H groups in total. The predicted octanol–water partition coefficient (Wildman–Crippen LogP) is -0.257. The van der Waals surface area contributed by atoms with E-state index < -0.39 is 18.4 Å². The molecule has 1 aliphatic rings. The Kier molecular flexibility index (Phi) is 4.75. The average Bonchev–Trinajstić information content (AvgIpc) is 2.37. The van der Waals surface area contributed by atoms with Gasteiger partial charge < -0.3 is 19.9 Å². The summed E-state index contributed by atoms with van der Waals surface area (Å²) in [5.74, 6) is -1.60. The Morgan fingerprint density at radius 2 is 2.28 bits per heavy atom. The molecule has 0 radical (unpaired) electrons. The highest BCUT2D eigenvalue weighted by atomic mass is 16.6. The van der Waals surface area contributed by atoms with Crippen molar-refractivity contribution in [2.75, 3.05) is 19.8 Å². The molecule has 0 fully saturated rings. The maximum absolute atomic E-state index is 11.5. The van der Waals surface area contributed by atoms with E-state index in [9.17, 15) is 9.59 Å². The molecule has 1 aliphatic heterocycles. The van der Waals surface area contributed by atoms with Gasteiger partial charge in [-0.3, -0.25) is 4.79 Å². The lowest BCUT2D eigenvalue weighted by Crippen LogP contribution is -2.21. The minimum atomic E-state index is -0.824. The first-order valence-corrected chi connectivity index (χ1v) is 5.07. The summed E-state index contributed by atoms with van der Waals surface area (Å²) in [7, 11) is 0. The molecule has 0 atom stereocenters. The minimum absolute atomic E-state index is 0.0787. The number of ketones is 1. The first-order valence-electron chi connectivity index (χ1n) is 5.07. The van der Waals surface area contributed by atoms with Crippen molar-refractivity contribution in [3.8, 4) is 6.07 Å². The largest absolute Gasteiger partial charge is 0.493 e. The van der Waals surface area contributed by atoms with Crippen molar-refractivity contribution in [2.45, 2.75) is 6.92 Å². The van der Waals surface area contributed by atoms with Crippen molar-refractivity contribution >= 4 is 11.8 Å². The number of esters is 1. The third kappa shape index (κ3) is 3.52. The Hall–Kier alpha value is -2.49. The maximum atomic E-state index is 11.5. The first-order chi connectivity index (χ1) is 8.56. The van der Waals surface area contributed by atoms with E-state index in [2.05, 4.69) is 4.74 Å². The van der Waals surface area contributed by atoms with Crippen LogP contribution in [0.5, 0.6) is 0 Å². The van der Waals surface area contributed by atoms with Crippen LogP contribution in [0.25, 0.3) is 0 Å². The van der Waals surface area contributed by atoms with Crippen LogP contribution in [-0.4, -0.2) is 31.6 Å². The van der Waals surface area contributed by atoms with Crippen molar-refractivity contribution in [2.24, 2.45) is 5.73 Å². The number of rotatable bonds is 4. The molecule has 7 nitrogen and oxygen atoms in total. The molecule has 0 aliphatic carbocycles. The van der Waals surface area contributed by atoms with Crippen molar-refractivity contribution in [1.82, 2.24) is 0 Å². The molecule has 0 saturated carbocycles. The topological polar surface area (TPSA) is 112 Å². The third-order valence-electron chi connectivity index (χ3n) is 1.97. The Morgan fingerprint density at radius 1 is 1.56 bits per heavy atom. The van der Waals surface area contributed by atoms with E-state index in [0.29, 0.717) is 6.61 Å². The van der Waals surface area contributed by atoms with Gasteiger partial charge in [0.25, 0.3) is 0 Å². The van der Waals surface area contributed by atoms with Gasteiger partial charge in [0.2, 0.25) is 11.5 Å². The smallest absolute Gasteiger partial charge is 0.377 e. The fourth-order valence-corrected chi connectivity index (χ4v) is 1.12. The summed E-state index contributed by atoms with van der Waals surface area (Å²) in [6.07, 6.45) is 1.12. The molecule has 0 bridgehead atoms. The summed E-state index contributed by atoms with van der Waals surface area (Å²) in [4.78, 5) is 22.9. The molecule has 0 saturated heterocycles. The standard InChI is InChI=1S/C11H12N2O5/c1-7(13)8(4-12)9(14)5-18-11(15)10-6-16-2-3-17-10/h6H,2-3,5,13H2,1H3. The Bertz CT molecular complexity index is 455. The van der Waals surface area contributed by atoms with E-state index in [0.717, 1.165) is 6.26 Å². The number of nitrogens with zero attached hydrogens (tertiary/aromatic N) is 1. The quantitative estimate of drug-likeness (QED) is 0.417. The fourth-order valence-electron chi connectivity index (χ4n) is 1.12. The maximum Gasteiger partial charge on any atom is 0.377 e. The van der Waals surface area contributed by atoms with E-state index in [1.807, 2.05) is 0 Å². The van der Waals surface area contributed by atoms with Crippen LogP contribution in [0.2, 0.25) is 0 Å². The van der Waals surface area contributed by atoms with Crippen LogP contribution in [-0.2, 0) is 23.8 Å². The molecule has 0 aromatic rings. The van der Waals surface area contributed by atoms with Crippen LogP contribution in [0.3, 0.4) is 0 Å². The molecule has 18 heavy (non-hydrogen) atoms. The van der Waals surface area contributed by atoms with Crippen molar-refractivity contribution < 1.29 is 23.8 Å². The van der Waals surface area contributed by atoms with Crippen molar-refractivity contribution in [3.63, 3.8) is 0 Å². The Balaban J connectivity index is 2.54. The number of hydrogen-bond donors (Lipinski definition) is 1. The van der Waals surface area contributed by atoms with Gasteiger partial charge in [-0.2, -0.15) is 5.26 Å². The zero-order chi connectivity index (χ0) is 13.5. The van der Waals surface area contributed by atoms with Gasteiger partial charge in [-0.05, 0) is 6.92 Å². The van der Waals surface area contributed by atoms with Gasteiger partial charge in [0.15, 0.2) is 6.61 Å². The van der Waals surface area contributed by atoms with Gasteiger partial charge >= 0.3 is 5.97 Å². The van der Waals surface area contributed by atoms with Gasteiger partial charge in [-0.25, -0.2) is 4.79 Å². The molecule has 1 rings (SSSR count). The zero-order valence-corrected chi connectivity index (χ0v) is 9.76. The van der Waals surface area contributed by atoms with Gasteiger partial charge in [-0.15, -0.1) is 0 Å². The van der Waals surface area contributed by atoms with Crippen LogP contribution >= 0.6 is 0 Å². The Morgan fingerprint density at radius 3 is 2.78 bits per heavy atom. The third-order valence-corrected chi connectivity index (χ3v) is 1.97. The van der Waals surface area contributed by atoms with Crippen molar-refractivity contribution in [3.05, 3.63) is 23.3 Å². The Labute approximate surface area is 103 Å². The van der Waals surface area contributed by atoms with E-state index in [1.165, 1.54) is 6.92 Å². The van der Waals surface area contributed by atoms with Crippen molar-refractivity contribution in [1.29, 1.82) is 5.26 Å². The normalized spacial score (nSPS) is 15.2. The van der Waals surface area contributed by atoms with Crippen LogP contribution < -0.4 is 5.73 Å². The lowest BCUT2D eigenvalue weighted by Gasteiger charge is -2.14. The molecule has 1 heterocycles. The second-order valence-electron chi connectivity index (χ2n) is 3.37. The number of allylic oxidation sites excluding steroid dienone is 1. The second-order valence-corrected chi connectivity index (χ2v) is 3.37. The number of carbonyl (C=O) groups is 2. The summed E-state index contributed by atoms with van der Waals surface area (Å²) in [5.41, 5.74) is 5.19. The van der Waals surface area contributed by atoms with Gasteiger partial charge in [-0.1, -0.05) is 0 Å². The highest BCUT2D eigenvalue weighted by Gasteiger charge is 2.19. The van der Waals surface area contributed by atoms with Crippen LogP contribution in [0.1, 0.15) is 6.92 Å². The molecular formula is C11H12N2O5. The van der Waals surface area contributed by atoms with E-state index in [4.69, 9.17) is 20.5 Å². The summed E-state index contributed by atoms with van der Waals surface area (Å²) < 4.78 is 14.5. The van der Waals surface area contributed by atoms with E-state index >= 15 is 0 Å². The lowest BCUT2D eigenvalue weighted by molar-refractivity contribution is -0.147. The van der Waals surface area contributed by atoms with Crippen LogP contribution in [0, 0.1) is 11.3 Å². The summed E-state index contributed by atoms with van der Waals surface area (Å²) in [6, 6.07) is 1.65. The number of hydrogen-bond acceptors (Lipinski definition) is 7. The van der Waals surface area contributed by atoms with Crippen LogP contribution in [0.15, 0.2) is 23.3 Å². The average molecular weight is 252 g/mol. The highest BCUT2D eigenvalue weighted by molar-refractivity contribution is 6.01. The van der Waals surface area contributed by atoms with E-state index in [1.54, 1.807) is 6.07 Å². The summed E-state index contributed by atoms with van der Waals surface area (Å²) in [6.45, 7) is 1.43. The number of nitrogens with two attached hydrogens (primary N) is 1. The molecule has 7 heteroatoms. The fraction of sp³-hybridized carbons (Fsp3) is 0.364. The summed E-state index contributed by atoms with van der Waals surface area (Å²) in [5, 5.41) is 8.68. The number of Topliss-reactive ketones (excluding diaryl/α,β-unsaturated/α-hetero) is 1. The molecule has 0 aromatic carbocycles. The highest BCUT2D eigenvalue weighted by Crippen LogP contribution is 2.07. The second kappa shape index (κ2) is 6.30. The zero-order valence-electron chi connectivity index (χ0n) is 9.76. The number of carbonyl (C=O) groups excluding carboxylic acids is 2. The molecular weight excluding hydrogens is 240 g/mol. The minimum Gasteiger partial charge on any atom is -0.493 e. The molecule has 96 valence electrons. The first kappa shape index (κ1) is 13.6. The molecule has 0 spiro atoms. The molecule has 0 unspecified atom stereocenters. The summed E-state index contributed by atoms with van der Waals surface area (Å²) >= 11 is 0. The van der Waals surface area contributed by atoms with E-state index in [-0.39, 0.29) is 23.6 Å². The van der Waals surface area contributed by atoms with Crippen LogP contribution in [0.4, 0.5) is 0 Å². The predicted molar refractivity (Wildman–Crippen MR) is 58.5 cm³/mol. The monoisotopic (exact) mass is 252 g/mol. The SMILES string of the molecule is CC(N)=C(C#N)C(=O)COC(=O)C1=COCCO1. The lowest BCUT2D eigenvalue weighted by atomic mass is 10.1. The number of nitriles is 1.